The Bertz CT molecular complexity index is 1830. The minimum Gasteiger partial charge on any atom is -0.507 e. The Labute approximate surface area is 280 Å². The molecule has 12 heteroatoms. The number of aliphatic hydroxyl groups excluding tert-OH is 1. The molecular weight excluding hydrogens is 646 g/mol. The first kappa shape index (κ1) is 31.9. The van der Waals surface area contributed by atoms with Crippen LogP contribution in [0.15, 0.2) is 70.6 Å². The van der Waals surface area contributed by atoms with Gasteiger partial charge in [0.25, 0.3) is 5.78 Å². The second-order valence-corrected chi connectivity index (χ2v) is 13.4. The van der Waals surface area contributed by atoms with Crippen molar-refractivity contribution >= 4 is 57.3 Å². The van der Waals surface area contributed by atoms with Crippen molar-refractivity contribution in [2.75, 3.05) is 18.1 Å². The van der Waals surface area contributed by atoms with E-state index in [9.17, 15) is 14.7 Å². The number of halogens is 1. The van der Waals surface area contributed by atoms with Gasteiger partial charge in [0.2, 0.25) is 5.13 Å². The van der Waals surface area contributed by atoms with Gasteiger partial charge in [-0.1, -0.05) is 65.9 Å². The van der Waals surface area contributed by atoms with Gasteiger partial charge in [-0.25, -0.2) is 0 Å². The normalized spacial score (nSPS) is 18.5. The monoisotopic (exact) mass is 677 g/mol. The molecule has 0 bridgehead atoms. The molecule has 2 aliphatic heterocycles. The fraction of sp³-hybridized carbons (Fsp3) is 0.294. The first-order valence-electron chi connectivity index (χ1n) is 15.0. The highest BCUT2D eigenvalue weighted by Gasteiger charge is 2.48. The Balaban J connectivity index is 1.43. The Morgan fingerprint density at radius 3 is 2.70 bits per heavy atom. The van der Waals surface area contributed by atoms with E-state index in [2.05, 4.69) is 10.2 Å². The molecule has 0 saturated carbocycles. The van der Waals surface area contributed by atoms with Gasteiger partial charge in [0.15, 0.2) is 15.8 Å². The van der Waals surface area contributed by atoms with Crippen molar-refractivity contribution in [2.24, 2.45) is 0 Å². The van der Waals surface area contributed by atoms with Crippen LogP contribution in [0.2, 0.25) is 5.02 Å². The van der Waals surface area contributed by atoms with Gasteiger partial charge < -0.3 is 19.3 Å². The predicted octanol–water partition coefficient (Wildman–Crippen LogP) is 7.62. The van der Waals surface area contributed by atoms with Crippen LogP contribution in [0.4, 0.5) is 5.13 Å². The van der Waals surface area contributed by atoms with Gasteiger partial charge in [0.05, 0.1) is 24.8 Å². The maximum Gasteiger partial charge on any atom is 0.301 e. The number of ketones is 1. The van der Waals surface area contributed by atoms with Gasteiger partial charge in [-0.15, -0.1) is 10.2 Å². The number of nitrogens with zero attached hydrogens (tertiary/aromatic N) is 3. The molecule has 46 heavy (non-hydrogen) atoms. The number of amides is 1. The Morgan fingerprint density at radius 2 is 1.91 bits per heavy atom. The first-order valence-corrected chi connectivity index (χ1v) is 17.2. The molecule has 6 rings (SSSR count). The lowest BCUT2D eigenvalue weighted by molar-refractivity contribution is -0.132. The molecule has 3 heterocycles. The summed E-state index contributed by atoms with van der Waals surface area (Å²) in [6.45, 7) is 6.72. The Hall–Kier alpha value is -4.06. The largest absolute Gasteiger partial charge is 0.507 e. The minimum absolute atomic E-state index is 0.00536. The van der Waals surface area contributed by atoms with Gasteiger partial charge in [0.1, 0.15) is 17.6 Å². The van der Waals surface area contributed by atoms with Crippen LogP contribution in [0.3, 0.4) is 0 Å². The highest BCUT2D eigenvalue weighted by Crippen LogP contribution is 2.46. The van der Waals surface area contributed by atoms with E-state index in [1.165, 1.54) is 28.0 Å². The van der Waals surface area contributed by atoms with Crippen molar-refractivity contribution in [2.45, 2.75) is 55.9 Å². The van der Waals surface area contributed by atoms with Crippen molar-refractivity contribution in [3.8, 4) is 17.2 Å². The fourth-order valence-electron chi connectivity index (χ4n) is 5.48. The quantitative estimate of drug-likeness (QED) is 0.0563. The summed E-state index contributed by atoms with van der Waals surface area (Å²) >= 11 is 8.96. The number of hydrogen-bond acceptors (Lipinski definition) is 10. The topological polar surface area (TPSA) is 111 Å². The summed E-state index contributed by atoms with van der Waals surface area (Å²) in [4.78, 5) is 28.9. The van der Waals surface area contributed by atoms with E-state index < -0.39 is 17.7 Å². The van der Waals surface area contributed by atoms with Crippen molar-refractivity contribution in [1.82, 2.24) is 10.2 Å². The van der Waals surface area contributed by atoms with Gasteiger partial charge in [-0.2, -0.15) is 0 Å². The van der Waals surface area contributed by atoms with Crippen LogP contribution < -0.4 is 19.1 Å². The van der Waals surface area contributed by atoms with Crippen molar-refractivity contribution in [1.29, 1.82) is 0 Å². The van der Waals surface area contributed by atoms with Gasteiger partial charge in [-0.05, 0) is 73.4 Å². The molecule has 2 atom stereocenters. The molecule has 0 spiro atoms. The molecule has 1 fully saturated rings. The van der Waals surface area contributed by atoms with Gasteiger partial charge in [-0.3, -0.25) is 14.5 Å². The number of rotatable bonds is 11. The van der Waals surface area contributed by atoms with E-state index in [4.69, 9.17) is 25.8 Å². The zero-order valence-electron chi connectivity index (χ0n) is 25.5. The second-order valence-electron chi connectivity index (χ2n) is 10.8. The average Bonchev–Trinajstić information content (AvgIpc) is 3.74. The standard InChI is InChI=1S/C34H32ClN3O6S2/c1-4-14-43-26-13-10-20(17-27(26)42-5-2)29-28(30(39)21-11-12-25-23(16-21)15-19(3)44-25)31(40)32(41)38(29)33-36-37-34(46-33)45-18-22-8-6-7-9-24(22)35/h6-13,16-17,19,29,39H,4-5,14-15,18H2,1-3H3/b30-28+/t19-,29-/m1/s1. The molecule has 1 amide bonds. The third-order valence-corrected chi connectivity index (χ3v) is 10.0. The highest BCUT2D eigenvalue weighted by atomic mass is 35.5. The molecule has 1 saturated heterocycles. The number of thioether (sulfide) groups is 1. The summed E-state index contributed by atoms with van der Waals surface area (Å²) < 4.78 is 18.2. The summed E-state index contributed by atoms with van der Waals surface area (Å²) in [5.74, 6) is 0.386. The summed E-state index contributed by atoms with van der Waals surface area (Å²) in [5, 5.41) is 21.2. The molecular formula is C34H32ClN3O6S2. The van der Waals surface area contributed by atoms with Crippen LogP contribution in [0, 0.1) is 0 Å². The number of hydrogen-bond donors (Lipinski definition) is 1. The lowest BCUT2D eigenvalue weighted by atomic mass is 9.94. The van der Waals surface area contributed by atoms with Crippen LogP contribution >= 0.6 is 34.7 Å². The number of Topliss-reactive ketones (excluding diaryl/α,β-unsaturated/α-hetero) is 1. The fourth-order valence-corrected chi connectivity index (χ4v) is 7.63. The number of carbonyl (C=O) groups excluding carboxylic acids is 2. The van der Waals surface area contributed by atoms with E-state index in [1.807, 2.05) is 45.0 Å². The maximum absolute atomic E-state index is 13.8. The van der Waals surface area contributed by atoms with Crippen molar-refractivity contribution in [3.05, 3.63) is 93.5 Å². The van der Waals surface area contributed by atoms with E-state index in [-0.39, 0.29) is 22.6 Å². The average molecular weight is 678 g/mol. The summed E-state index contributed by atoms with van der Waals surface area (Å²) in [7, 11) is 0. The molecule has 3 aromatic carbocycles. The molecule has 0 aliphatic carbocycles. The third-order valence-electron chi connectivity index (χ3n) is 7.57. The lowest BCUT2D eigenvalue weighted by Gasteiger charge is -2.23. The zero-order chi connectivity index (χ0) is 32.4. The molecule has 238 valence electrons. The number of anilines is 1. The number of aliphatic hydroxyl groups is 1. The summed E-state index contributed by atoms with van der Waals surface area (Å²) in [6, 6.07) is 17.1. The van der Waals surface area contributed by atoms with Crippen LogP contribution in [0.5, 0.6) is 17.2 Å². The van der Waals surface area contributed by atoms with Crippen LogP contribution in [0.1, 0.15) is 55.5 Å². The molecule has 0 unspecified atom stereocenters. The zero-order valence-corrected chi connectivity index (χ0v) is 27.9. The number of fused-ring (bicyclic) bond motifs is 1. The van der Waals surface area contributed by atoms with Crippen LogP contribution in [-0.2, 0) is 21.8 Å². The number of ether oxygens (including phenoxy) is 3. The Kier molecular flexibility index (Phi) is 9.53. The molecule has 2 aliphatic rings. The molecule has 1 N–H and O–H groups in total. The number of aromatic nitrogens is 2. The van der Waals surface area contributed by atoms with Gasteiger partial charge >= 0.3 is 5.91 Å². The van der Waals surface area contributed by atoms with E-state index in [0.29, 0.717) is 57.4 Å². The van der Waals surface area contributed by atoms with E-state index in [0.717, 1.165) is 23.3 Å². The van der Waals surface area contributed by atoms with E-state index in [1.54, 1.807) is 36.4 Å². The molecule has 4 aromatic rings. The lowest BCUT2D eigenvalue weighted by Crippen LogP contribution is -2.29. The third kappa shape index (κ3) is 6.31. The smallest absolute Gasteiger partial charge is 0.301 e. The van der Waals surface area contributed by atoms with Crippen molar-refractivity contribution < 1.29 is 28.9 Å². The van der Waals surface area contributed by atoms with Crippen molar-refractivity contribution in [3.63, 3.8) is 0 Å². The first-order chi connectivity index (χ1) is 22.3. The predicted molar refractivity (Wildman–Crippen MR) is 179 cm³/mol. The van der Waals surface area contributed by atoms with Crippen LogP contribution in [0.25, 0.3) is 5.76 Å². The highest BCUT2D eigenvalue weighted by molar-refractivity contribution is 8.00. The maximum atomic E-state index is 13.8. The molecule has 1 aromatic heterocycles. The number of carbonyl (C=O) groups is 2. The molecule has 9 nitrogen and oxygen atoms in total. The summed E-state index contributed by atoms with van der Waals surface area (Å²) in [5.41, 5.74) is 2.77. The minimum atomic E-state index is -1.00. The van der Waals surface area contributed by atoms with Gasteiger partial charge in [0, 0.05) is 22.8 Å². The van der Waals surface area contributed by atoms with Crippen LogP contribution in [-0.4, -0.2) is 46.3 Å². The Morgan fingerprint density at radius 1 is 1.09 bits per heavy atom. The number of benzene rings is 3. The summed E-state index contributed by atoms with van der Waals surface area (Å²) in [6.07, 6.45) is 1.49. The second kappa shape index (κ2) is 13.7. The SMILES string of the molecule is CCCOc1ccc([C@@H]2/C(=C(\O)c3ccc4c(c3)C[C@@H](C)O4)C(=O)C(=O)N2c2nnc(SCc3ccccc3Cl)s2)cc1OCC. The molecule has 0 radical (unpaired) electrons. The van der Waals surface area contributed by atoms with E-state index >= 15 is 0 Å².